The molecular weight excluding hydrogens is 316 g/mol. The Bertz CT molecular complexity index is 476. The summed E-state index contributed by atoms with van der Waals surface area (Å²) in [6.07, 6.45) is 19.9. The van der Waals surface area contributed by atoms with Crippen molar-refractivity contribution in [1.29, 1.82) is 0 Å². The van der Waals surface area contributed by atoms with Gasteiger partial charge in [-0.1, -0.05) is 49.5 Å². The number of hydrogen-bond donors (Lipinski definition) is 1. The lowest BCUT2D eigenvalue weighted by Crippen LogP contribution is -2.26. The molecule has 3 atom stereocenters. The summed E-state index contributed by atoms with van der Waals surface area (Å²) in [6, 6.07) is 0. The minimum absolute atomic E-state index is 0.170. The third-order valence-corrected chi connectivity index (χ3v) is 3.96. The van der Waals surface area contributed by atoms with Gasteiger partial charge in [0.25, 0.3) is 0 Å². The maximum Gasteiger partial charge on any atom is 0.306 e. The van der Waals surface area contributed by atoms with Crippen LogP contribution in [0, 0.1) is 0 Å². The zero-order valence-electron chi connectivity index (χ0n) is 15.5. The Kier molecular flexibility index (Phi) is 11.7. The van der Waals surface area contributed by atoms with Gasteiger partial charge in [0.2, 0.25) is 0 Å². The van der Waals surface area contributed by atoms with Gasteiger partial charge in [0.15, 0.2) is 0 Å². The summed E-state index contributed by atoms with van der Waals surface area (Å²) in [7, 11) is 1.57. The van der Waals surface area contributed by atoms with Crippen molar-refractivity contribution in [1.82, 2.24) is 0 Å². The van der Waals surface area contributed by atoms with Crippen LogP contribution in [0.25, 0.3) is 0 Å². The van der Waals surface area contributed by atoms with E-state index in [0.29, 0.717) is 19.3 Å². The highest BCUT2D eigenvalue weighted by molar-refractivity contribution is 5.69. The molecule has 1 aliphatic heterocycles. The van der Waals surface area contributed by atoms with Gasteiger partial charge >= 0.3 is 5.97 Å². The van der Waals surface area contributed by atoms with Crippen molar-refractivity contribution in [3.05, 3.63) is 48.6 Å². The van der Waals surface area contributed by atoms with Crippen LogP contribution in [0.5, 0.6) is 0 Å². The Morgan fingerprint density at radius 1 is 1.32 bits per heavy atom. The molecule has 140 valence electrons. The van der Waals surface area contributed by atoms with E-state index in [1.807, 2.05) is 24.3 Å². The molecular formula is C21H32O4. The number of methoxy groups -OCH3 is 1. The number of ether oxygens (including phenoxy) is 2. The average molecular weight is 348 g/mol. The van der Waals surface area contributed by atoms with E-state index in [1.54, 1.807) is 13.2 Å². The first kappa shape index (κ1) is 21.4. The standard InChI is InChI=1S/C21H32O4/c1-3-4-5-6-7-11-14-19(22)20(24-2)17-16-18-13-10-8-9-12-15-21(23)25-18/h4-5,7-8,10-11,16-20,22H,3,6,9,12-15H2,1-2H3/b5-4-,10-8-,11-7-,17-16+/t18-,19-,20?/m0/s1. The molecule has 0 saturated carbocycles. The van der Waals surface area contributed by atoms with E-state index in [0.717, 1.165) is 25.7 Å². The van der Waals surface area contributed by atoms with Crippen LogP contribution >= 0.6 is 0 Å². The van der Waals surface area contributed by atoms with Crippen molar-refractivity contribution in [3.8, 4) is 0 Å². The number of aliphatic hydroxyl groups excluding tert-OH is 1. The second kappa shape index (κ2) is 13.6. The molecule has 1 heterocycles. The van der Waals surface area contributed by atoms with Crippen molar-refractivity contribution in [2.45, 2.75) is 70.2 Å². The monoisotopic (exact) mass is 348 g/mol. The number of hydrogen-bond acceptors (Lipinski definition) is 4. The molecule has 0 saturated heterocycles. The van der Waals surface area contributed by atoms with Gasteiger partial charge in [0, 0.05) is 20.0 Å². The predicted octanol–water partition coefficient (Wildman–Crippen LogP) is 4.26. The molecule has 25 heavy (non-hydrogen) atoms. The van der Waals surface area contributed by atoms with Crippen molar-refractivity contribution in [3.63, 3.8) is 0 Å². The lowest BCUT2D eigenvalue weighted by molar-refractivity contribution is -0.146. The van der Waals surface area contributed by atoms with Gasteiger partial charge in [-0.3, -0.25) is 4.79 Å². The Morgan fingerprint density at radius 2 is 2.12 bits per heavy atom. The van der Waals surface area contributed by atoms with Gasteiger partial charge in [-0.15, -0.1) is 0 Å². The lowest BCUT2D eigenvalue weighted by Gasteiger charge is -2.18. The summed E-state index contributed by atoms with van der Waals surface area (Å²) < 4.78 is 10.8. The van der Waals surface area contributed by atoms with Crippen LogP contribution in [0.1, 0.15) is 51.9 Å². The fraction of sp³-hybridized carbons (Fsp3) is 0.571. The number of esters is 1. The van der Waals surface area contributed by atoms with Gasteiger partial charge in [0.1, 0.15) is 12.2 Å². The van der Waals surface area contributed by atoms with Crippen molar-refractivity contribution in [2.24, 2.45) is 0 Å². The number of aliphatic hydroxyl groups is 1. The molecule has 1 N–H and O–H groups in total. The largest absolute Gasteiger partial charge is 0.458 e. The zero-order valence-corrected chi connectivity index (χ0v) is 15.5. The molecule has 0 aromatic carbocycles. The van der Waals surface area contributed by atoms with Gasteiger partial charge in [-0.2, -0.15) is 0 Å². The SMILES string of the molecule is CC/C=C\C/C=C\C[C@H](O)C(/C=C/[C@@H]1C/C=C\CCCC(=O)O1)OC. The molecule has 0 fully saturated rings. The maximum atomic E-state index is 11.7. The van der Waals surface area contributed by atoms with E-state index >= 15 is 0 Å². The molecule has 4 nitrogen and oxygen atoms in total. The highest BCUT2D eigenvalue weighted by Gasteiger charge is 2.16. The first-order valence-electron chi connectivity index (χ1n) is 9.21. The summed E-state index contributed by atoms with van der Waals surface area (Å²) in [5.74, 6) is -0.170. The highest BCUT2D eigenvalue weighted by Crippen LogP contribution is 2.13. The normalized spacial score (nSPS) is 23.3. The molecule has 0 aliphatic carbocycles. The molecule has 1 rings (SSSR count). The van der Waals surface area contributed by atoms with E-state index in [-0.39, 0.29) is 12.1 Å². The second-order valence-electron chi connectivity index (χ2n) is 6.10. The summed E-state index contributed by atoms with van der Waals surface area (Å²) in [5.41, 5.74) is 0. The zero-order chi connectivity index (χ0) is 18.3. The Balaban J connectivity index is 2.51. The van der Waals surface area contributed by atoms with Gasteiger partial charge in [-0.05, 0) is 38.2 Å². The third kappa shape index (κ3) is 10.0. The quantitative estimate of drug-likeness (QED) is 0.499. The van der Waals surface area contributed by atoms with E-state index in [2.05, 4.69) is 25.2 Å². The fourth-order valence-corrected chi connectivity index (χ4v) is 2.51. The molecule has 1 aliphatic rings. The third-order valence-electron chi connectivity index (χ3n) is 3.96. The lowest BCUT2D eigenvalue weighted by atomic mass is 10.1. The van der Waals surface area contributed by atoms with Crippen molar-refractivity contribution >= 4 is 5.97 Å². The van der Waals surface area contributed by atoms with Gasteiger partial charge in [0.05, 0.1) is 6.10 Å². The van der Waals surface area contributed by atoms with Crippen molar-refractivity contribution in [2.75, 3.05) is 7.11 Å². The van der Waals surface area contributed by atoms with Crippen LogP contribution in [0.3, 0.4) is 0 Å². The number of allylic oxidation sites excluding steroid dienone is 4. The van der Waals surface area contributed by atoms with Crippen LogP contribution in [-0.2, 0) is 14.3 Å². The van der Waals surface area contributed by atoms with E-state index in [1.165, 1.54) is 0 Å². The summed E-state index contributed by atoms with van der Waals surface area (Å²) in [4.78, 5) is 11.7. The molecule has 0 aromatic rings. The Morgan fingerprint density at radius 3 is 2.88 bits per heavy atom. The van der Waals surface area contributed by atoms with Crippen LogP contribution < -0.4 is 0 Å². The molecule has 0 aromatic heterocycles. The summed E-state index contributed by atoms with van der Waals surface area (Å²) >= 11 is 0. The minimum atomic E-state index is -0.629. The van der Waals surface area contributed by atoms with E-state index in [4.69, 9.17) is 9.47 Å². The predicted molar refractivity (Wildman–Crippen MR) is 101 cm³/mol. The molecule has 0 bridgehead atoms. The van der Waals surface area contributed by atoms with Crippen LogP contribution in [-0.4, -0.2) is 36.5 Å². The second-order valence-corrected chi connectivity index (χ2v) is 6.10. The topological polar surface area (TPSA) is 55.8 Å². The Hall–Kier alpha value is -1.65. The molecule has 0 spiro atoms. The smallest absolute Gasteiger partial charge is 0.306 e. The molecule has 0 amide bonds. The van der Waals surface area contributed by atoms with Crippen molar-refractivity contribution < 1.29 is 19.4 Å². The van der Waals surface area contributed by atoms with Crippen LogP contribution in [0.15, 0.2) is 48.6 Å². The Labute approximate surface area is 151 Å². The molecule has 4 heteroatoms. The summed E-state index contributed by atoms with van der Waals surface area (Å²) in [5, 5.41) is 10.3. The van der Waals surface area contributed by atoms with Gasteiger partial charge in [-0.25, -0.2) is 0 Å². The number of carbonyl (C=O) groups is 1. The number of carbonyl (C=O) groups excluding carboxylic acids is 1. The molecule has 1 unspecified atom stereocenters. The van der Waals surface area contributed by atoms with E-state index in [9.17, 15) is 9.90 Å². The summed E-state index contributed by atoms with van der Waals surface area (Å²) in [6.45, 7) is 2.10. The maximum absolute atomic E-state index is 11.7. The van der Waals surface area contributed by atoms with Gasteiger partial charge < -0.3 is 14.6 Å². The highest BCUT2D eigenvalue weighted by atomic mass is 16.5. The fourth-order valence-electron chi connectivity index (χ4n) is 2.51. The van der Waals surface area contributed by atoms with Crippen LogP contribution in [0.4, 0.5) is 0 Å². The minimum Gasteiger partial charge on any atom is -0.458 e. The first-order chi connectivity index (χ1) is 12.2. The number of rotatable bonds is 9. The van der Waals surface area contributed by atoms with Crippen LogP contribution in [0.2, 0.25) is 0 Å². The first-order valence-corrected chi connectivity index (χ1v) is 9.21. The average Bonchev–Trinajstić information content (AvgIpc) is 2.70. The number of cyclic esters (lactones) is 1. The molecule has 0 radical (unpaired) electrons. The van der Waals surface area contributed by atoms with E-state index < -0.39 is 12.2 Å².